The molecule has 6 heteroatoms. The molecule has 0 amide bonds. The molecule has 0 spiro atoms. The van der Waals surface area contributed by atoms with Gasteiger partial charge < -0.3 is 5.73 Å². The maximum Gasteiger partial charge on any atom is 0.416 e. The Balaban J connectivity index is 2.33. The second kappa shape index (κ2) is 4.37. The van der Waals surface area contributed by atoms with Crippen LogP contribution < -0.4 is 5.73 Å². The fourth-order valence-corrected chi connectivity index (χ4v) is 2.11. The number of aromatic nitrogens is 1. The number of halogens is 3. The topological polar surface area (TPSA) is 38.9 Å². The molecule has 2 aromatic rings. The minimum atomic E-state index is -4.34. The number of rotatable bonds is 2. The summed E-state index contributed by atoms with van der Waals surface area (Å²) in [6, 6.07) is 5.49. The molecule has 0 saturated carbocycles. The van der Waals surface area contributed by atoms with E-state index in [4.69, 9.17) is 5.73 Å². The molecule has 0 bridgehead atoms. The van der Waals surface area contributed by atoms with Gasteiger partial charge in [-0.1, -0.05) is 18.2 Å². The van der Waals surface area contributed by atoms with Gasteiger partial charge in [-0.3, -0.25) is 0 Å². The van der Waals surface area contributed by atoms with Gasteiger partial charge in [-0.25, -0.2) is 4.98 Å². The lowest BCUT2D eigenvalue weighted by atomic mass is 10.0. The van der Waals surface area contributed by atoms with Crippen molar-refractivity contribution in [2.24, 2.45) is 0 Å². The first-order valence-electron chi connectivity index (χ1n) is 4.82. The van der Waals surface area contributed by atoms with E-state index in [0.29, 0.717) is 10.8 Å². The zero-order chi connectivity index (χ0) is 12.5. The highest BCUT2D eigenvalue weighted by Gasteiger charge is 2.32. The molecule has 2 rings (SSSR count). The van der Waals surface area contributed by atoms with E-state index in [-0.39, 0.29) is 12.0 Å². The van der Waals surface area contributed by atoms with Gasteiger partial charge in [0.05, 0.1) is 11.3 Å². The second-order valence-corrected chi connectivity index (χ2v) is 4.40. The molecule has 1 heterocycles. The van der Waals surface area contributed by atoms with Crippen LogP contribution in [0.1, 0.15) is 16.8 Å². The van der Waals surface area contributed by atoms with E-state index in [0.717, 1.165) is 6.07 Å². The van der Waals surface area contributed by atoms with Gasteiger partial charge in [0.15, 0.2) is 5.13 Å². The van der Waals surface area contributed by atoms with E-state index in [1.807, 2.05) is 0 Å². The highest BCUT2D eigenvalue weighted by Crippen LogP contribution is 2.32. The average molecular weight is 258 g/mol. The van der Waals surface area contributed by atoms with Crippen molar-refractivity contribution in [1.29, 1.82) is 0 Å². The summed E-state index contributed by atoms with van der Waals surface area (Å²) in [7, 11) is 0. The van der Waals surface area contributed by atoms with Crippen molar-refractivity contribution in [3.8, 4) is 0 Å². The van der Waals surface area contributed by atoms with Gasteiger partial charge in [0.25, 0.3) is 0 Å². The van der Waals surface area contributed by atoms with Crippen molar-refractivity contribution >= 4 is 16.5 Å². The Morgan fingerprint density at radius 3 is 2.53 bits per heavy atom. The molecule has 0 atom stereocenters. The van der Waals surface area contributed by atoms with Crippen LogP contribution in [0.3, 0.4) is 0 Å². The van der Waals surface area contributed by atoms with E-state index in [9.17, 15) is 13.2 Å². The minimum Gasteiger partial charge on any atom is -0.375 e. The Morgan fingerprint density at radius 2 is 1.94 bits per heavy atom. The SMILES string of the molecule is Nc1nc(Cc2ccccc2C(F)(F)F)cs1. The molecule has 1 aromatic carbocycles. The summed E-state index contributed by atoms with van der Waals surface area (Å²) in [5, 5.41) is 2.03. The minimum absolute atomic E-state index is 0.142. The number of thiazole rings is 1. The van der Waals surface area contributed by atoms with Crippen LogP contribution in [-0.2, 0) is 12.6 Å². The molecule has 0 aliphatic rings. The van der Waals surface area contributed by atoms with Crippen molar-refractivity contribution in [3.05, 3.63) is 46.5 Å². The van der Waals surface area contributed by atoms with Crippen LogP contribution in [-0.4, -0.2) is 4.98 Å². The average Bonchev–Trinajstić information content (AvgIpc) is 2.63. The molecular weight excluding hydrogens is 249 g/mol. The Kier molecular flexibility index (Phi) is 3.06. The van der Waals surface area contributed by atoms with E-state index in [1.54, 1.807) is 11.4 Å². The fraction of sp³-hybridized carbons (Fsp3) is 0.182. The maximum absolute atomic E-state index is 12.7. The lowest BCUT2D eigenvalue weighted by molar-refractivity contribution is -0.138. The third-order valence-electron chi connectivity index (χ3n) is 2.26. The first-order chi connectivity index (χ1) is 7.97. The third-order valence-corrected chi connectivity index (χ3v) is 2.99. The summed E-state index contributed by atoms with van der Waals surface area (Å²) in [6.45, 7) is 0. The lowest BCUT2D eigenvalue weighted by Crippen LogP contribution is -2.09. The molecule has 0 aliphatic heterocycles. The van der Waals surface area contributed by atoms with Crippen molar-refractivity contribution in [2.45, 2.75) is 12.6 Å². The number of hydrogen-bond acceptors (Lipinski definition) is 3. The summed E-state index contributed by atoms with van der Waals surface area (Å²) in [5.74, 6) is 0. The number of nitrogen functional groups attached to an aromatic ring is 1. The highest BCUT2D eigenvalue weighted by atomic mass is 32.1. The molecule has 17 heavy (non-hydrogen) atoms. The number of nitrogens with two attached hydrogens (primary N) is 1. The smallest absolute Gasteiger partial charge is 0.375 e. The number of nitrogens with zero attached hydrogens (tertiary/aromatic N) is 1. The predicted molar refractivity (Wildman–Crippen MR) is 60.8 cm³/mol. The Hall–Kier alpha value is -1.56. The normalized spacial score (nSPS) is 11.7. The first kappa shape index (κ1) is 11.9. The highest BCUT2D eigenvalue weighted by molar-refractivity contribution is 7.13. The monoisotopic (exact) mass is 258 g/mol. The van der Waals surface area contributed by atoms with Crippen LogP contribution >= 0.6 is 11.3 Å². The van der Waals surface area contributed by atoms with E-state index in [2.05, 4.69) is 4.98 Å². The van der Waals surface area contributed by atoms with Crippen LogP contribution in [0.4, 0.5) is 18.3 Å². The summed E-state index contributed by atoms with van der Waals surface area (Å²) in [4.78, 5) is 3.96. The number of hydrogen-bond donors (Lipinski definition) is 1. The van der Waals surface area contributed by atoms with Crippen molar-refractivity contribution < 1.29 is 13.2 Å². The molecular formula is C11H9F3N2S. The lowest BCUT2D eigenvalue weighted by Gasteiger charge is -2.11. The summed E-state index contributed by atoms with van der Waals surface area (Å²) < 4.78 is 38.1. The summed E-state index contributed by atoms with van der Waals surface area (Å²) >= 11 is 1.22. The standard InChI is InChI=1S/C11H9F3N2S/c12-11(13,14)9-4-2-1-3-7(9)5-8-6-17-10(15)16-8/h1-4,6H,5H2,(H2,15,16). The number of alkyl halides is 3. The van der Waals surface area contributed by atoms with Gasteiger partial charge in [-0.15, -0.1) is 11.3 Å². The van der Waals surface area contributed by atoms with Crippen molar-refractivity contribution in [3.63, 3.8) is 0 Å². The van der Waals surface area contributed by atoms with E-state index >= 15 is 0 Å². The number of benzene rings is 1. The zero-order valence-electron chi connectivity index (χ0n) is 8.66. The molecule has 2 nitrogen and oxygen atoms in total. The zero-order valence-corrected chi connectivity index (χ0v) is 9.48. The van der Waals surface area contributed by atoms with Crippen LogP contribution in [0.5, 0.6) is 0 Å². The van der Waals surface area contributed by atoms with Crippen LogP contribution in [0.15, 0.2) is 29.6 Å². The Labute approximate surface area is 99.9 Å². The third kappa shape index (κ3) is 2.76. The van der Waals surface area contributed by atoms with Crippen LogP contribution in [0.25, 0.3) is 0 Å². The molecule has 1 aromatic heterocycles. The maximum atomic E-state index is 12.7. The van der Waals surface area contributed by atoms with Gasteiger partial charge in [0, 0.05) is 11.8 Å². The quantitative estimate of drug-likeness (QED) is 0.897. The largest absolute Gasteiger partial charge is 0.416 e. The molecule has 0 aliphatic carbocycles. The summed E-state index contributed by atoms with van der Waals surface area (Å²) in [6.07, 6.45) is -4.19. The van der Waals surface area contributed by atoms with Gasteiger partial charge in [-0.05, 0) is 11.6 Å². The number of anilines is 1. The molecule has 2 N–H and O–H groups in total. The Bertz CT molecular complexity index is 519. The molecule has 0 fully saturated rings. The van der Waals surface area contributed by atoms with Crippen molar-refractivity contribution in [2.75, 3.05) is 5.73 Å². The summed E-state index contributed by atoms with van der Waals surface area (Å²) in [5.41, 5.74) is 5.60. The molecule has 0 radical (unpaired) electrons. The van der Waals surface area contributed by atoms with Gasteiger partial charge in [0.2, 0.25) is 0 Å². The Morgan fingerprint density at radius 1 is 1.24 bits per heavy atom. The molecule has 90 valence electrons. The fourth-order valence-electron chi connectivity index (χ4n) is 1.55. The van der Waals surface area contributed by atoms with Crippen LogP contribution in [0.2, 0.25) is 0 Å². The predicted octanol–water partition coefficient (Wildman–Crippen LogP) is 3.33. The van der Waals surface area contributed by atoms with Crippen LogP contribution in [0, 0.1) is 0 Å². The van der Waals surface area contributed by atoms with Gasteiger partial charge in [-0.2, -0.15) is 13.2 Å². The van der Waals surface area contributed by atoms with Gasteiger partial charge >= 0.3 is 6.18 Å². The first-order valence-corrected chi connectivity index (χ1v) is 5.70. The molecule has 0 unspecified atom stereocenters. The second-order valence-electron chi connectivity index (χ2n) is 3.51. The van der Waals surface area contributed by atoms with E-state index < -0.39 is 11.7 Å². The van der Waals surface area contributed by atoms with E-state index in [1.165, 1.54) is 23.5 Å². The van der Waals surface area contributed by atoms with Gasteiger partial charge in [0.1, 0.15) is 0 Å². The van der Waals surface area contributed by atoms with Crippen molar-refractivity contribution in [1.82, 2.24) is 4.98 Å². The molecule has 0 saturated heterocycles.